The lowest BCUT2D eigenvalue weighted by Gasteiger charge is -2.17. The van der Waals surface area contributed by atoms with Gasteiger partial charge in [-0.25, -0.2) is 9.48 Å². The van der Waals surface area contributed by atoms with Crippen molar-refractivity contribution in [2.24, 2.45) is 0 Å². The van der Waals surface area contributed by atoms with E-state index in [1.165, 1.54) is 12.3 Å². The summed E-state index contributed by atoms with van der Waals surface area (Å²) >= 11 is 11.8. The molecule has 0 radical (unpaired) electrons. The normalized spacial score (nSPS) is 14.6. The minimum Gasteiger partial charge on any atom is -0.462 e. The molecule has 1 saturated carbocycles. The molecule has 1 aliphatic rings. The number of ether oxygens (including phenoxy) is 1. The standard InChI is InChI=1S/C16H13Cl2F3N2O2/c1-2-25-15(24)10-7-22-23(13(10)8-3-4-8)14-11(16(19,20)21)5-9(17)6-12(14)18/h5-8H,2-4H2,1H3. The number of aromatic nitrogens is 2. The number of alkyl halides is 3. The van der Waals surface area contributed by atoms with Crippen molar-refractivity contribution in [1.82, 2.24) is 9.78 Å². The van der Waals surface area contributed by atoms with E-state index in [1.807, 2.05) is 0 Å². The first-order valence-corrected chi connectivity index (χ1v) is 8.31. The molecule has 9 heteroatoms. The molecule has 0 amide bonds. The van der Waals surface area contributed by atoms with Crippen LogP contribution in [-0.2, 0) is 10.9 Å². The minimum atomic E-state index is -4.68. The van der Waals surface area contributed by atoms with Gasteiger partial charge in [-0.3, -0.25) is 0 Å². The van der Waals surface area contributed by atoms with Crippen LogP contribution >= 0.6 is 23.2 Å². The topological polar surface area (TPSA) is 44.1 Å². The van der Waals surface area contributed by atoms with E-state index in [2.05, 4.69) is 5.10 Å². The second-order valence-electron chi connectivity index (χ2n) is 5.63. The Morgan fingerprint density at radius 2 is 2.04 bits per heavy atom. The fraction of sp³-hybridized carbons (Fsp3) is 0.375. The highest BCUT2D eigenvalue weighted by atomic mass is 35.5. The molecule has 0 atom stereocenters. The van der Waals surface area contributed by atoms with E-state index in [4.69, 9.17) is 27.9 Å². The van der Waals surface area contributed by atoms with Crippen LogP contribution in [0.2, 0.25) is 10.0 Å². The first kappa shape index (κ1) is 18.1. The zero-order chi connectivity index (χ0) is 18.4. The Morgan fingerprint density at radius 1 is 1.36 bits per heavy atom. The van der Waals surface area contributed by atoms with Crippen LogP contribution in [0.5, 0.6) is 0 Å². The molecule has 3 rings (SSSR count). The van der Waals surface area contributed by atoms with Gasteiger partial charge < -0.3 is 4.74 Å². The van der Waals surface area contributed by atoms with E-state index in [0.717, 1.165) is 23.6 Å². The number of rotatable bonds is 4. The van der Waals surface area contributed by atoms with Gasteiger partial charge in [0.25, 0.3) is 0 Å². The number of hydrogen-bond donors (Lipinski definition) is 0. The molecular formula is C16H13Cl2F3N2O2. The summed E-state index contributed by atoms with van der Waals surface area (Å²) in [6.07, 6.45) is -1.95. The van der Waals surface area contributed by atoms with Gasteiger partial charge in [-0.1, -0.05) is 23.2 Å². The van der Waals surface area contributed by atoms with Crippen molar-refractivity contribution in [3.63, 3.8) is 0 Å². The number of hydrogen-bond acceptors (Lipinski definition) is 3. The molecule has 1 fully saturated rings. The first-order valence-electron chi connectivity index (χ1n) is 7.55. The molecule has 1 aromatic carbocycles. The molecule has 134 valence electrons. The average molecular weight is 393 g/mol. The van der Waals surface area contributed by atoms with Crippen LogP contribution in [0.3, 0.4) is 0 Å². The third-order valence-electron chi connectivity index (χ3n) is 3.81. The molecule has 0 spiro atoms. The molecule has 0 aliphatic heterocycles. The predicted octanol–water partition coefficient (Wildman–Crippen LogP) is 5.25. The zero-order valence-corrected chi connectivity index (χ0v) is 14.5. The Labute approximate surface area is 151 Å². The lowest BCUT2D eigenvalue weighted by Crippen LogP contribution is -2.15. The highest BCUT2D eigenvalue weighted by molar-refractivity contribution is 6.36. The van der Waals surface area contributed by atoms with Gasteiger partial charge in [0.05, 0.1) is 34.8 Å². The fourth-order valence-corrected chi connectivity index (χ4v) is 3.22. The molecule has 1 aliphatic carbocycles. The van der Waals surface area contributed by atoms with Crippen molar-refractivity contribution in [2.45, 2.75) is 31.9 Å². The largest absolute Gasteiger partial charge is 0.462 e. The van der Waals surface area contributed by atoms with Crippen LogP contribution < -0.4 is 0 Å². The second kappa shape index (κ2) is 6.53. The van der Waals surface area contributed by atoms with Gasteiger partial charge in [-0.05, 0) is 31.9 Å². The van der Waals surface area contributed by atoms with Crippen molar-refractivity contribution < 1.29 is 22.7 Å². The van der Waals surface area contributed by atoms with Gasteiger partial charge in [0.1, 0.15) is 5.56 Å². The number of nitrogens with zero attached hydrogens (tertiary/aromatic N) is 2. The van der Waals surface area contributed by atoms with Crippen molar-refractivity contribution in [3.05, 3.63) is 45.2 Å². The Morgan fingerprint density at radius 3 is 2.60 bits per heavy atom. The van der Waals surface area contributed by atoms with Crippen LogP contribution in [0.15, 0.2) is 18.3 Å². The molecule has 0 saturated heterocycles. The zero-order valence-electron chi connectivity index (χ0n) is 13.0. The van der Waals surface area contributed by atoms with E-state index in [-0.39, 0.29) is 33.8 Å². The monoisotopic (exact) mass is 392 g/mol. The SMILES string of the molecule is CCOC(=O)c1cnn(-c2c(Cl)cc(Cl)cc2C(F)(F)F)c1C1CC1. The lowest BCUT2D eigenvalue weighted by atomic mass is 10.1. The van der Waals surface area contributed by atoms with Gasteiger partial charge in [0, 0.05) is 10.9 Å². The maximum atomic E-state index is 13.5. The first-order chi connectivity index (χ1) is 11.7. The van der Waals surface area contributed by atoms with Crippen molar-refractivity contribution in [2.75, 3.05) is 6.61 Å². The molecule has 1 aromatic heterocycles. The molecule has 1 heterocycles. The highest BCUT2D eigenvalue weighted by Crippen LogP contribution is 2.45. The number of esters is 1. The number of benzene rings is 1. The maximum Gasteiger partial charge on any atom is 0.418 e. The van der Waals surface area contributed by atoms with E-state index in [0.29, 0.717) is 5.69 Å². The van der Waals surface area contributed by atoms with Crippen LogP contribution in [0.25, 0.3) is 5.69 Å². The van der Waals surface area contributed by atoms with Crippen LogP contribution in [0.4, 0.5) is 13.2 Å². The van der Waals surface area contributed by atoms with Gasteiger partial charge in [0.2, 0.25) is 0 Å². The molecule has 4 nitrogen and oxygen atoms in total. The smallest absolute Gasteiger partial charge is 0.418 e. The Hall–Kier alpha value is -1.73. The van der Waals surface area contributed by atoms with Gasteiger partial charge in [0.15, 0.2) is 0 Å². The second-order valence-corrected chi connectivity index (χ2v) is 6.48. The van der Waals surface area contributed by atoms with Crippen LogP contribution in [0.1, 0.15) is 47.3 Å². The van der Waals surface area contributed by atoms with E-state index in [9.17, 15) is 18.0 Å². The van der Waals surface area contributed by atoms with Crippen LogP contribution in [-0.4, -0.2) is 22.4 Å². The number of carbonyl (C=O) groups is 1. The summed E-state index contributed by atoms with van der Waals surface area (Å²) in [6, 6.07) is 2.02. The maximum absolute atomic E-state index is 13.5. The van der Waals surface area contributed by atoms with Crippen molar-refractivity contribution >= 4 is 29.2 Å². The summed E-state index contributed by atoms with van der Waals surface area (Å²) in [5.74, 6) is -0.677. The fourth-order valence-electron chi connectivity index (χ4n) is 2.65. The Balaban J connectivity index is 2.23. The summed E-state index contributed by atoms with van der Waals surface area (Å²) in [5, 5.41) is 3.68. The summed E-state index contributed by atoms with van der Waals surface area (Å²) < 4.78 is 46.5. The van der Waals surface area contributed by atoms with Gasteiger partial charge in [-0.2, -0.15) is 18.3 Å². The Bertz CT molecular complexity index is 830. The third-order valence-corrected chi connectivity index (χ3v) is 4.32. The summed E-state index contributed by atoms with van der Waals surface area (Å²) in [6.45, 7) is 1.81. The Kier molecular flexibility index (Phi) is 4.72. The lowest BCUT2D eigenvalue weighted by molar-refractivity contribution is -0.137. The van der Waals surface area contributed by atoms with E-state index >= 15 is 0 Å². The van der Waals surface area contributed by atoms with Gasteiger partial charge in [-0.15, -0.1) is 0 Å². The van der Waals surface area contributed by atoms with E-state index in [1.54, 1.807) is 6.92 Å². The predicted molar refractivity (Wildman–Crippen MR) is 86.5 cm³/mol. The van der Waals surface area contributed by atoms with Gasteiger partial charge >= 0.3 is 12.1 Å². The number of carbonyl (C=O) groups excluding carboxylic acids is 1. The molecule has 0 unspecified atom stereocenters. The molecular weight excluding hydrogens is 380 g/mol. The molecule has 0 N–H and O–H groups in total. The third kappa shape index (κ3) is 3.48. The van der Waals surface area contributed by atoms with Crippen molar-refractivity contribution in [3.8, 4) is 5.69 Å². The van der Waals surface area contributed by atoms with Crippen LogP contribution in [0, 0.1) is 0 Å². The quantitative estimate of drug-likeness (QED) is 0.667. The number of halogens is 5. The molecule has 2 aromatic rings. The average Bonchev–Trinajstić information content (AvgIpc) is 3.25. The summed E-state index contributed by atoms with van der Waals surface area (Å²) in [4.78, 5) is 12.1. The highest BCUT2D eigenvalue weighted by Gasteiger charge is 2.39. The molecule has 25 heavy (non-hydrogen) atoms. The summed E-state index contributed by atoms with van der Waals surface area (Å²) in [7, 11) is 0. The minimum absolute atomic E-state index is 0.0604. The summed E-state index contributed by atoms with van der Waals surface area (Å²) in [5.41, 5.74) is -0.807. The van der Waals surface area contributed by atoms with E-state index < -0.39 is 17.7 Å². The van der Waals surface area contributed by atoms with Crippen molar-refractivity contribution in [1.29, 1.82) is 0 Å². The molecule has 0 bridgehead atoms.